The van der Waals surface area contributed by atoms with Crippen molar-refractivity contribution in [2.24, 2.45) is 0 Å². The molecule has 0 aliphatic heterocycles. The van der Waals surface area contributed by atoms with Crippen molar-refractivity contribution in [2.75, 3.05) is 6.61 Å². The van der Waals surface area contributed by atoms with Crippen molar-refractivity contribution < 1.29 is 19.1 Å². The molecule has 0 rings (SSSR count). The first kappa shape index (κ1) is 15.0. The number of carbonyl (C=O) groups excluding carboxylic acids is 2. The van der Waals surface area contributed by atoms with E-state index in [0.717, 1.165) is 12.8 Å². The Hall–Kier alpha value is 0.0200. The number of alkyl halides is 1. The van der Waals surface area contributed by atoms with E-state index in [0.29, 0.717) is 13.0 Å². The summed E-state index contributed by atoms with van der Waals surface area (Å²) < 4.78 is 8.55. The van der Waals surface area contributed by atoms with Crippen molar-refractivity contribution in [3.63, 3.8) is 0 Å². The number of unbranched alkanes of at least 4 members (excludes halogenated alkanes) is 1. The van der Waals surface area contributed by atoms with Crippen LogP contribution in [0.4, 0.5) is 4.79 Å². The third kappa shape index (κ3) is 5.60. The van der Waals surface area contributed by atoms with Gasteiger partial charge in [0.05, 0.1) is 6.61 Å². The summed E-state index contributed by atoms with van der Waals surface area (Å²) in [6.07, 6.45) is 2.10. The van der Waals surface area contributed by atoms with Crippen LogP contribution in [0.2, 0.25) is 0 Å². The molecule has 0 bridgehead atoms. The predicted molar refractivity (Wildman–Crippen MR) is 68.4 cm³/mol. The summed E-state index contributed by atoms with van der Waals surface area (Å²) in [5, 5.41) is -0.779. The molecule has 0 saturated heterocycles. The zero-order valence-corrected chi connectivity index (χ0v) is 11.8. The maximum absolute atomic E-state index is 11.6. The van der Waals surface area contributed by atoms with Crippen molar-refractivity contribution in [2.45, 2.75) is 36.7 Å². The maximum atomic E-state index is 11.6. The Morgan fingerprint density at radius 1 is 1.40 bits per heavy atom. The molecule has 0 fully saturated rings. The second kappa shape index (κ2) is 7.32. The van der Waals surface area contributed by atoms with Crippen LogP contribution in [0.15, 0.2) is 0 Å². The molecule has 15 heavy (non-hydrogen) atoms. The van der Waals surface area contributed by atoms with Crippen molar-refractivity contribution >= 4 is 46.5 Å². The first-order chi connectivity index (χ1) is 6.96. The number of hydrogen-bond acceptors (Lipinski definition) is 4. The molecule has 0 spiro atoms. The van der Waals surface area contributed by atoms with Crippen LogP contribution in [-0.4, -0.2) is 21.5 Å². The van der Waals surface area contributed by atoms with Gasteiger partial charge in [0.2, 0.25) is 0 Å². The Kier molecular flexibility index (Phi) is 7.33. The van der Waals surface area contributed by atoms with E-state index in [1.807, 2.05) is 6.92 Å². The summed E-state index contributed by atoms with van der Waals surface area (Å²) >= 11 is 5.24. The number of halogens is 1. The van der Waals surface area contributed by atoms with E-state index in [-0.39, 0.29) is 0 Å². The first-order valence-corrected chi connectivity index (χ1v) is 6.27. The Morgan fingerprint density at radius 2 is 2.00 bits per heavy atom. The number of ether oxygens (including phenoxy) is 2. The molecule has 0 amide bonds. The van der Waals surface area contributed by atoms with Crippen LogP contribution in [-0.2, 0) is 14.3 Å². The van der Waals surface area contributed by atoms with Crippen molar-refractivity contribution in [3.8, 4) is 0 Å². The van der Waals surface area contributed by atoms with Crippen molar-refractivity contribution in [3.05, 3.63) is 0 Å². The minimum absolute atomic E-state index is 0.351. The van der Waals surface area contributed by atoms with E-state index < -0.39 is 14.9 Å². The quantitative estimate of drug-likeness (QED) is 0.264. The Balaban J connectivity index is 4.24. The Bertz CT molecular complexity index is 234. The molecule has 88 valence electrons. The highest BCUT2D eigenvalue weighted by molar-refractivity contribution is 14.1. The third-order valence-electron chi connectivity index (χ3n) is 1.74. The maximum Gasteiger partial charge on any atom is 0.366 e. The van der Waals surface area contributed by atoms with Crippen molar-refractivity contribution in [1.29, 1.82) is 0 Å². The largest absolute Gasteiger partial charge is 0.462 e. The minimum atomic E-state index is -1.25. The van der Waals surface area contributed by atoms with Crippen LogP contribution in [0.5, 0.6) is 0 Å². The summed E-state index contributed by atoms with van der Waals surface area (Å²) in [5.74, 6) is -0.526. The van der Waals surface area contributed by atoms with Gasteiger partial charge in [0, 0.05) is 6.42 Å². The normalized spacial score (nSPS) is 14.1. The fourth-order valence-electron chi connectivity index (χ4n) is 0.814. The van der Waals surface area contributed by atoms with Gasteiger partial charge in [0.1, 0.15) is 0 Å². The molecule has 1 atom stereocenters. The standard InChI is InChI=1S/C9H15IO4S/c1-3-5-6-13-7(11)9(10,4-2)14-8(12)15/h3-6H2,1-2H3,(H,12,15). The lowest BCUT2D eigenvalue weighted by molar-refractivity contribution is -0.154. The SMILES string of the molecule is CCCCOC(=O)C(I)(CC)OC(=O)S. The zero-order chi connectivity index (χ0) is 11.9. The highest BCUT2D eigenvalue weighted by atomic mass is 127. The molecule has 0 aromatic rings. The smallest absolute Gasteiger partial charge is 0.366 e. The molecule has 0 heterocycles. The molecule has 1 unspecified atom stereocenters. The Morgan fingerprint density at radius 3 is 2.40 bits per heavy atom. The summed E-state index contributed by atoms with van der Waals surface area (Å²) in [6, 6.07) is 0. The fourth-order valence-corrected chi connectivity index (χ4v) is 1.50. The monoisotopic (exact) mass is 346 g/mol. The van der Waals surface area contributed by atoms with Crippen LogP contribution < -0.4 is 0 Å². The predicted octanol–water partition coefficient (Wildman–Crippen LogP) is 2.94. The number of thiol groups is 1. The molecule has 6 heteroatoms. The molecular weight excluding hydrogens is 331 g/mol. The lowest BCUT2D eigenvalue weighted by Crippen LogP contribution is -2.37. The molecule has 0 aromatic heterocycles. The van der Waals surface area contributed by atoms with Gasteiger partial charge in [0.15, 0.2) is 0 Å². The molecule has 0 aromatic carbocycles. The lowest BCUT2D eigenvalue weighted by Gasteiger charge is -2.22. The van der Waals surface area contributed by atoms with Gasteiger partial charge < -0.3 is 9.47 Å². The molecule has 0 radical (unpaired) electrons. The van der Waals surface area contributed by atoms with E-state index in [9.17, 15) is 9.59 Å². The molecule has 0 aliphatic rings. The third-order valence-corrected chi connectivity index (χ3v) is 3.25. The van der Waals surface area contributed by atoms with Gasteiger partial charge in [-0.1, -0.05) is 32.9 Å². The van der Waals surface area contributed by atoms with Crippen LogP contribution in [0.3, 0.4) is 0 Å². The van der Waals surface area contributed by atoms with Crippen LogP contribution in [0.1, 0.15) is 33.1 Å². The molecule has 0 aliphatic carbocycles. The number of hydrogen-bond donors (Lipinski definition) is 1. The van der Waals surface area contributed by atoms with Crippen LogP contribution in [0, 0.1) is 0 Å². The highest BCUT2D eigenvalue weighted by Crippen LogP contribution is 2.27. The van der Waals surface area contributed by atoms with Crippen LogP contribution in [0.25, 0.3) is 0 Å². The fraction of sp³-hybridized carbons (Fsp3) is 0.778. The zero-order valence-electron chi connectivity index (χ0n) is 8.79. The summed E-state index contributed by atoms with van der Waals surface area (Å²) in [7, 11) is 0. The van der Waals surface area contributed by atoms with Gasteiger partial charge >= 0.3 is 11.3 Å². The van der Waals surface area contributed by atoms with Crippen molar-refractivity contribution in [1.82, 2.24) is 0 Å². The van der Waals surface area contributed by atoms with Gasteiger partial charge in [-0.3, -0.25) is 0 Å². The van der Waals surface area contributed by atoms with Gasteiger partial charge in [-0.25, -0.2) is 9.59 Å². The molecule has 0 saturated carbocycles. The molecule has 0 N–H and O–H groups in total. The number of esters is 1. The molecule has 4 nitrogen and oxygen atoms in total. The summed E-state index contributed by atoms with van der Waals surface area (Å²) in [4.78, 5) is 22.2. The number of carbonyl (C=O) groups is 2. The lowest BCUT2D eigenvalue weighted by atomic mass is 10.3. The van der Waals surface area contributed by atoms with Crippen LogP contribution >= 0.6 is 35.2 Å². The topological polar surface area (TPSA) is 52.6 Å². The van der Waals surface area contributed by atoms with E-state index in [1.165, 1.54) is 0 Å². The van der Waals surface area contributed by atoms with E-state index in [1.54, 1.807) is 29.5 Å². The van der Waals surface area contributed by atoms with E-state index >= 15 is 0 Å². The first-order valence-electron chi connectivity index (χ1n) is 4.74. The summed E-state index contributed by atoms with van der Waals surface area (Å²) in [6.45, 7) is 4.09. The minimum Gasteiger partial charge on any atom is -0.462 e. The van der Waals surface area contributed by atoms with Gasteiger partial charge in [-0.2, -0.15) is 0 Å². The average Bonchev–Trinajstić information content (AvgIpc) is 2.16. The van der Waals surface area contributed by atoms with Gasteiger partial charge in [0.25, 0.3) is 3.61 Å². The van der Waals surface area contributed by atoms with E-state index in [4.69, 9.17) is 9.47 Å². The Labute approximate surface area is 109 Å². The van der Waals surface area contributed by atoms with E-state index in [2.05, 4.69) is 12.6 Å². The summed E-state index contributed by atoms with van der Waals surface area (Å²) in [5.41, 5.74) is 0. The van der Waals surface area contributed by atoms with Gasteiger partial charge in [-0.15, -0.1) is 0 Å². The second-order valence-electron chi connectivity index (χ2n) is 2.94. The molecular formula is C9H15IO4S. The van der Waals surface area contributed by atoms with Gasteiger partial charge in [-0.05, 0) is 29.0 Å². The average molecular weight is 346 g/mol. The highest BCUT2D eigenvalue weighted by Gasteiger charge is 2.39. The second-order valence-corrected chi connectivity index (χ2v) is 5.05. The number of rotatable bonds is 6.